The Morgan fingerprint density at radius 3 is 2.30 bits per heavy atom. The van der Waals surface area contributed by atoms with Crippen molar-refractivity contribution in [3.63, 3.8) is 0 Å². The van der Waals surface area contributed by atoms with Gasteiger partial charge in [0.1, 0.15) is 11.5 Å². The van der Waals surface area contributed by atoms with E-state index < -0.39 is 0 Å². The summed E-state index contributed by atoms with van der Waals surface area (Å²) in [6.45, 7) is 0. The van der Waals surface area contributed by atoms with E-state index in [1.54, 1.807) is 20.3 Å². The van der Waals surface area contributed by atoms with Gasteiger partial charge in [-0.2, -0.15) is 0 Å². The Balaban J connectivity index is 1.72. The van der Waals surface area contributed by atoms with Gasteiger partial charge in [0.15, 0.2) is 0 Å². The smallest absolute Gasteiger partial charge is 0.227 e. The molecule has 3 atom stereocenters. The third-order valence-corrected chi connectivity index (χ3v) is 4.69. The van der Waals surface area contributed by atoms with Crippen molar-refractivity contribution in [1.29, 1.82) is 0 Å². The zero-order valence-corrected chi connectivity index (χ0v) is 12.0. The van der Waals surface area contributed by atoms with E-state index >= 15 is 0 Å². The van der Waals surface area contributed by atoms with Crippen molar-refractivity contribution in [3.8, 4) is 11.5 Å². The number of rotatable bonds is 4. The summed E-state index contributed by atoms with van der Waals surface area (Å²) in [6, 6.07) is 5.45. The summed E-state index contributed by atoms with van der Waals surface area (Å²) in [4.78, 5) is 12.4. The van der Waals surface area contributed by atoms with Gasteiger partial charge in [-0.15, -0.1) is 0 Å². The van der Waals surface area contributed by atoms with E-state index in [0.29, 0.717) is 17.4 Å². The molecule has 0 radical (unpaired) electrons. The minimum Gasteiger partial charge on any atom is -0.497 e. The van der Waals surface area contributed by atoms with Crippen LogP contribution in [-0.4, -0.2) is 20.1 Å². The second kappa shape index (κ2) is 5.35. The van der Waals surface area contributed by atoms with E-state index in [9.17, 15) is 4.79 Å². The van der Waals surface area contributed by atoms with Gasteiger partial charge in [-0.1, -0.05) is 6.42 Å². The lowest BCUT2D eigenvalue weighted by molar-refractivity contribution is -0.121. The second-order valence-electron chi connectivity index (χ2n) is 5.87. The molecule has 3 rings (SSSR count). The van der Waals surface area contributed by atoms with Crippen LogP contribution in [0.15, 0.2) is 18.2 Å². The summed E-state index contributed by atoms with van der Waals surface area (Å²) in [6.07, 6.45) is 4.81. The molecule has 0 aliphatic heterocycles. The first-order valence-corrected chi connectivity index (χ1v) is 7.23. The topological polar surface area (TPSA) is 47.6 Å². The van der Waals surface area contributed by atoms with Gasteiger partial charge in [0.25, 0.3) is 0 Å². The molecule has 4 heteroatoms. The van der Waals surface area contributed by atoms with E-state index in [4.69, 9.17) is 9.47 Å². The highest BCUT2D eigenvalue weighted by Crippen LogP contribution is 2.48. The quantitative estimate of drug-likeness (QED) is 0.918. The zero-order valence-electron chi connectivity index (χ0n) is 12.0. The highest BCUT2D eigenvalue weighted by atomic mass is 16.5. The van der Waals surface area contributed by atoms with Gasteiger partial charge in [0.05, 0.1) is 14.2 Å². The normalized spacial score (nSPS) is 27.4. The van der Waals surface area contributed by atoms with Crippen LogP contribution in [0.3, 0.4) is 0 Å². The molecule has 2 aliphatic carbocycles. The minimum atomic E-state index is 0.146. The molecular weight excluding hydrogens is 254 g/mol. The molecule has 2 bridgehead atoms. The largest absolute Gasteiger partial charge is 0.497 e. The summed E-state index contributed by atoms with van der Waals surface area (Å²) in [7, 11) is 3.21. The Kier molecular flexibility index (Phi) is 3.55. The molecule has 4 nitrogen and oxygen atoms in total. The molecule has 1 amide bonds. The molecule has 108 valence electrons. The van der Waals surface area contributed by atoms with Crippen molar-refractivity contribution in [2.45, 2.75) is 25.7 Å². The van der Waals surface area contributed by atoms with E-state index in [-0.39, 0.29) is 11.8 Å². The Morgan fingerprint density at radius 2 is 1.80 bits per heavy atom. The lowest BCUT2D eigenvalue weighted by atomic mass is 9.88. The number of fused-ring (bicyclic) bond motifs is 2. The highest BCUT2D eigenvalue weighted by Gasteiger charge is 2.43. The van der Waals surface area contributed by atoms with Crippen molar-refractivity contribution in [1.82, 2.24) is 0 Å². The number of nitrogens with one attached hydrogen (secondary N) is 1. The molecule has 1 aromatic rings. The van der Waals surface area contributed by atoms with Crippen LogP contribution in [0.5, 0.6) is 11.5 Å². The Bertz CT molecular complexity index is 492. The first-order valence-electron chi connectivity index (χ1n) is 7.23. The molecule has 1 N–H and O–H groups in total. The van der Waals surface area contributed by atoms with Crippen molar-refractivity contribution < 1.29 is 14.3 Å². The molecule has 2 fully saturated rings. The average Bonchev–Trinajstić information content (AvgIpc) is 3.09. The van der Waals surface area contributed by atoms with Crippen molar-refractivity contribution >= 4 is 11.6 Å². The molecule has 2 aliphatic rings. The van der Waals surface area contributed by atoms with Crippen molar-refractivity contribution in [2.24, 2.45) is 17.8 Å². The van der Waals surface area contributed by atoms with Crippen LogP contribution in [0, 0.1) is 17.8 Å². The SMILES string of the molecule is COc1cc(NC(=O)[C@H]2C[C@H]3CC[C@H]2C3)cc(OC)c1. The van der Waals surface area contributed by atoms with Gasteiger partial charge < -0.3 is 14.8 Å². The summed E-state index contributed by atoms with van der Waals surface area (Å²) in [5.74, 6) is 3.07. The molecule has 2 saturated carbocycles. The first-order chi connectivity index (χ1) is 9.69. The number of methoxy groups -OCH3 is 2. The van der Waals surface area contributed by atoms with Gasteiger partial charge in [-0.25, -0.2) is 0 Å². The van der Waals surface area contributed by atoms with Crippen LogP contribution in [0.1, 0.15) is 25.7 Å². The number of hydrogen-bond acceptors (Lipinski definition) is 3. The minimum absolute atomic E-state index is 0.146. The van der Waals surface area contributed by atoms with E-state index in [1.165, 1.54) is 19.3 Å². The van der Waals surface area contributed by atoms with Gasteiger partial charge >= 0.3 is 0 Å². The van der Waals surface area contributed by atoms with E-state index in [1.807, 2.05) is 12.1 Å². The Morgan fingerprint density at radius 1 is 1.10 bits per heavy atom. The summed E-state index contributed by atoms with van der Waals surface area (Å²) in [5.41, 5.74) is 0.744. The molecule has 0 spiro atoms. The fourth-order valence-corrected chi connectivity index (χ4v) is 3.68. The van der Waals surface area contributed by atoms with Crippen LogP contribution >= 0.6 is 0 Å². The third kappa shape index (κ3) is 2.47. The molecule has 0 heterocycles. The maximum atomic E-state index is 12.4. The standard InChI is InChI=1S/C16H21NO3/c1-19-13-7-12(8-14(9-13)20-2)17-16(18)15-6-10-3-4-11(15)5-10/h7-11,15H,3-6H2,1-2H3,(H,17,18)/t10-,11-,15-/m0/s1. The van der Waals surface area contributed by atoms with Gasteiger partial charge in [-0.3, -0.25) is 4.79 Å². The maximum Gasteiger partial charge on any atom is 0.227 e. The molecule has 1 aromatic carbocycles. The second-order valence-corrected chi connectivity index (χ2v) is 5.87. The fourth-order valence-electron chi connectivity index (χ4n) is 3.68. The van der Waals surface area contributed by atoms with Gasteiger partial charge in [-0.05, 0) is 31.1 Å². The molecule has 20 heavy (non-hydrogen) atoms. The zero-order chi connectivity index (χ0) is 14.1. The number of ether oxygens (including phenoxy) is 2. The monoisotopic (exact) mass is 275 g/mol. The van der Waals surface area contributed by atoms with Crippen LogP contribution in [0.25, 0.3) is 0 Å². The summed E-state index contributed by atoms with van der Waals surface area (Å²) < 4.78 is 10.4. The Labute approximate surface area is 119 Å². The average molecular weight is 275 g/mol. The van der Waals surface area contributed by atoms with Gasteiger partial charge in [0.2, 0.25) is 5.91 Å². The predicted molar refractivity (Wildman–Crippen MR) is 77.1 cm³/mol. The summed E-state index contributed by atoms with van der Waals surface area (Å²) >= 11 is 0. The highest BCUT2D eigenvalue weighted by molar-refractivity contribution is 5.93. The number of hydrogen-bond donors (Lipinski definition) is 1. The van der Waals surface area contributed by atoms with Gasteiger partial charge in [0, 0.05) is 29.8 Å². The number of carbonyl (C=O) groups is 1. The number of anilines is 1. The molecule has 0 saturated heterocycles. The maximum absolute atomic E-state index is 12.4. The van der Waals surface area contributed by atoms with E-state index in [2.05, 4.69) is 5.32 Å². The van der Waals surface area contributed by atoms with Crippen molar-refractivity contribution in [2.75, 3.05) is 19.5 Å². The molecule has 0 unspecified atom stereocenters. The number of amides is 1. The predicted octanol–water partition coefficient (Wildman–Crippen LogP) is 3.08. The number of carbonyl (C=O) groups excluding carboxylic acids is 1. The Hall–Kier alpha value is -1.71. The molecular formula is C16H21NO3. The fraction of sp³-hybridized carbons (Fsp3) is 0.562. The molecule has 0 aromatic heterocycles. The third-order valence-electron chi connectivity index (χ3n) is 4.69. The van der Waals surface area contributed by atoms with Crippen LogP contribution in [0.4, 0.5) is 5.69 Å². The summed E-state index contributed by atoms with van der Waals surface area (Å²) in [5, 5.41) is 3.02. The van der Waals surface area contributed by atoms with E-state index in [0.717, 1.165) is 18.0 Å². The van der Waals surface area contributed by atoms with Crippen LogP contribution in [-0.2, 0) is 4.79 Å². The van der Waals surface area contributed by atoms with Crippen LogP contribution in [0.2, 0.25) is 0 Å². The van der Waals surface area contributed by atoms with Crippen molar-refractivity contribution in [3.05, 3.63) is 18.2 Å². The number of benzene rings is 1. The van der Waals surface area contributed by atoms with Crippen LogP contribution < -0.4 is 14.8 Å². The lowest BCUT2D eigenvalue weighted by Gasteiger charge is -2.21. The lowest BCUT2D eigenvalue weighted by Crippen LogP contribution is -2.27. The first kappa shape index (κ1) is 13.3.